The van der Waals surface area contributed by atoms with Crippen molar-refractivity contribution in [2.45, 2.75) is 52.1 Å². The van der Waals surface area contributed by atoms with Crippen LogP contribution in [0.2, 0.25) is 0 Å². The number of likely N-dealkylation sites (tertiary alicyclic amines) is 1. The predicted molar refractivity (Wildman–Crippen MR) is 128 cm³/mol. The number of nitrogens with zero attached hydrogens (tertiary/aromatic N) is 2. The van der Waals surface area contributed by atoms with Gasteiger partial charge < -0.3 is 10.2 Å². The van der Waals surface area contributed by atoms with E-state index in [9.17, 15) is 9.18 Å². The first-order valence-corrected chi connectivity index (χ1v) is 12.1. The fraction of sp³-hybridized carbons (Fsp3) is 0.519. The number of halogens is 1. The van der Waals surface area contributed by atoms with Crippen LogP contribution in [0.4, 0.5) is 10.1 Å². The summed E-state index contributed by atoms with van der Waals surface area (Å²) < 4.78 is 13.9. The Morgan fingerprint density at radius 1 is 1.00 bits per heavy atom. The van der Waals surface area contributed by atoms with Gasteiger partial charge in [-0.15, -0.1) is 0 Å². The fourth-order valence-electron chi connectivity index (χ4n) is 4.88. The minimum absolute atomic E-state index is 0.00521. The number of benzene rings is 2. The number of anilines is 1. The zero-order chi connectivity index (χ0) is 22.5. The second-order valence-electron chi connectivity index (χ2n) is 9.63. The average Bonchev–Trinajstić information content (AvgIpc) is 2.81. The molecule has 2 aromatic carbocycles. The average molecular weight is 438 g/mol. The summed E-state index contributed by atoms with van der Waals surface area (Å²) in [6, 6.07) is 15.6. The first-order valence-electron chi connectivity index (χ1n) is 12.1. The molecule has 0 bridgehead atoms. The quantitative estimate of drug-likeness (QED) is 0.679. The molecular formula is C27H36FN3O. The van der Waals surface area contributed by atoms with Crippen molar-refractivity contribution in [3.05, 3.63) is 65.5 Å². The van der Waals surface area contributed by atoms with E-state index in [1.807, 2.05) is 12.1 Å². The van der Waals surface area contributed by atoms with Crippen LogP contribution in [0.1, 0.15) is 56.7 Å². The van der Waals surface area contributed by atoms with E-state index in [1.165, 1.54) is 24.6 Å². The number of hydrogen-bond donors (Lipinski definition) is 1. The molecule has 0 aliphatic carbocycles. The highest BCUT2D eigenvalue weighted by Gasteiger charge is 2.26. The SMILES string of the molecule is CC1CCN(c2ccc(C(C)NC(=O)C3CCN(Cc4ccccc4F)CC3)cc2)CC1. The van der Waals surface area contributed by atoms with Crippen molar-refractivity contribution in [1.29, 1.82) is 0 Å². The highest BCUT2D eigenvalue weighted by molar-refractivity contribution is 5.79. The normalized spacial score (nSPS) is 19.7. The van der Waals surface area contributed by atoms with E-state index in [-0.39, 0.29) is 23.7 Å². The molecule has 1 N–H and O–H groups in total. The van der Waals surface area contributed by atoms with Crippen LogP contribution in [0.15, 0.2) is 48.5 Å². The minimum Gasteiger partial charge on any atom is -0.372 e. The fourth-order valence-corrected chi connectivity index (χ4v) is 4.88. The summed E-state index contributed by atoms with van der Waals surface area (Å²) in [5.74, 6) is 0.843. The lowest BCUT2D eigenvalue weighted by atomic mass is 9.94. The molecule has 2 fully saturated rings. The Morgan fingerprint density at radius 3 is 2.31 bits per heavy atom. The van der Waals surface area contributed by atoms with E-state index in [4.69, 9.17) is 0 Å². The molecule has 4 rings (SSSR count). The molecule has 2 saturated heterocycles. The van der Waals surface area contributed by atoms with Gasteiger partial charge in [-0.3, -0.25) is 9.69 Å². The van der Waals surface area contributed by atoms with Crippen LogP contribution in [0.3, 0.4) is 0 Å². The summed E-state index contributed by atoms with van der Waals surface area (Å²) in [7, 11) is 0. The smallest absolute Gasteiger partial charge is 0.223 e. The Bertz CT molecular complexity index is 884. The van der Waals surface area contributed by atoms with Gasteiger partial charge in [-0.1, -0.05) is 37.3 Å². The summed E-state index contributed by atoms with van der Waals surface area (Å²) >= 11 is 0. The van der Waals surface area contributed by atoms with Crippen LogP contribution in [0.25, 0.3) is 0 Å². The van der Waals surface area contributed by atoms with Crippen molar-refractivity contribution in [2.24, 2.45) is 11.8 Å². The molecule has 5 heteroatoms. The number of carbonyl (C=O) groups excluding carboxylic acids is 1. The molecule has 2 aliphatic rings. The molecule has 0 radical (unpaired) electrons. The van der Waals surface area contributed by atoms with Gasteiger partial charge in [-0.05, 0) is 75.4 Å². The van der Waals surface area contributed by atoms with E-state index in [2.05, 4.69) is 53.2 Å². The molecule has 1 unspecified atom stereocenters. The first kappa shape index (κ1) is 22.8. The van der Waals surface area contributed by atoms with E-state index in [0.29, 0.717) is 6.54 Å². The van der Waals surface area contributed by atoms with E-state index in [1.54, 1.807) is 6.07 Å². The van der Waals surface area contributed by atoms with E-state index in [0.717, 1.165) is 56.1 Å². The summed E-state index contributed by atoms with van der Waals surface area (Å²) in [6.07, 6.45) is 4.15. The van der Waals surface area contributed by atoms with Crippen LogP contribution in [0.5, 0.6) is 0 Å². The molecule has 0 saturated carbocycles. The van der Waals surface area contributed by atoms with Crippen LogP contribution >= 0.6 is 0 Å². The van der Waals surface area contributed by atoms with Gasteiger partial charge in [-0.25, -0.2) is 4.39 Å². The molecule has 172 valence electrons. The first-order chi connectivity index (χ1) is 15.5. The lowest BCUT2D eigenvalue weighted by molar-refractivity contribution is -0.127. The molecule has 2 aliphatic heterocycles. The van der Waals surface area contributed by atoms with Crippen molar-refractivity contribution in [3.8, 4) is 0 Å². The maximum Gasteiger partial charge on any atom is 0.223 e. The predicted octanol–water partition coefficient (Wildman–Crippen LogP) is 5.15. The number of piperidine rings is 2. The molecule has 0 aromatic heterocycles. The number of nitrogens with one attached hydrogen (secondary N) is 1. The van der Waals surface area contributed by atoms with E-state index >= 15 is 0 Å². The zero-order valence-corrected chi connectivity index (χ0v) is 19.4. The largest absolute Gasteiger partial charge is 0.372 e. The molecule has 1 amide bonds. The number of amides is 1. The van der Waals surface area contributed by atoms with Gasteiger partial charge in [0.05, 0.1) is 6.04 Å². The van der Waals surface area contributed by atoms with Gasteiger partial charge in [0, 0.05) is 36.8 Å². The Hall–Kier alpha value is -2.40. The Morgan fingerprint density at radius 2 is 1.66 bits per heavy atom. The lowest BCUT2D eigenvalue weighted by Gasteiger charge is -2.32. The summed E-state index contributed by atoms with van der Waals surface area (Å²) in [5, 5.41) is 3.21. The van der Waals surface area contributed by atoms with Gasteiger partial charge in [0.1, 0.15) is 5.82 Å². The summed E-state index contributed by atoms with van der Waals surface area (Å²) in [5.41, 5.74) is 3.15. The third-order valence-corrected chi connectivity index (χ3v) is 7.21. The van der Waals surface area contributed by atoms with Crippen LogP contribution < -0.4 is 10.2 Å². The Labute approximate surface area is 191 Å². The maximum atomic E-state index is 13.9. The van der Waals surface area contributed by atoms with Crippen molar-refractivity contribution in [2.75, 3.05) is 31.1 Å². The molecule has 4 nitrogen and oxygen atoms in total. The number of carbonyl (C=O) groups is 1. The van der Waals surface area contributed by atoms with Gasteiger partial charge in [0.15, 0.2) is 0 Å². The van der Waals surface area contributed by atoms with Crippen molar-refractivity contribution >= 4 is 11.6 Å². The highest BCUT2D eigenvalue weighted by Crippen LogP contribution is 2.25. The lowest BCUT2D eigenvalue weighted by Crippen LogP contribution is -2.41. The number of hydrogen-bond acceptors (Lipinski definition) is 3. The highest BCUT2D eigenvalue weighted by atomic mass is 19.1. The topological polar surface area (TPSA) is 35.6 Å². The Balaban J connectivity index is 1.24. The summed E-state index contributed by atoms with van der Waals surface area (Å²) in [6.45, 7) is 8.90. The van der Waals surface area contributed by atoms with Gasteiger partial charge >= 0.3 is 0 Å². The van der Waals surface area contributed by atoms with Crippen LogP contribution in [-0.4, -0.2) is 37.0 Å². The molecule has 2 aromatic rings. The number of rotatable bonds is 6. The van der Waals surface area contributed by atoms with Crippen LogP contribution in [0, 0.1) is 17.7 Å². The van der Waals surface area contributed by atoms with Crippen molar-refractivity contribution < 1.29 is 9.18 Å². The zero-order valence-electron chi connectivity index (χ0n) is 19.4. The minimum atomic E-state index is -0.151. The summed E-state index contributed by atoms with van der Waals surface area (Å²) in [4.78, 5) is 17.6. The van der Waals surface area contributed by atoms with Gasteiger partial charge in [-0.2, -0.15) is 0 Å². The molecule has 32 heavy (non-hydrogen) atoms. The van der Waals surface area contributed by atoms with Crippen molar-refractivity contribution in [3.63, 3.8) is 0 Å². The van der Waals surface area contributed by atoms with Crippen LogP contribution in [-0.2, 0) is 11.3 Å². The molecule has 2 heterocycles. The van der Waals surface area contributed by atoms with Crippen molar-refractivity contribution in [1.82, 2.24) is 10.2 Å². The standard InChI is InChI=1S/C27H36FN3O/c1-20-11-17-31(18-12-20)25-9-7-22(8-10-25)21(2)29-27(32)23-13-15-30(16-14-23)19-24-5-3-4-6-26(24)28/h3-10,20-21,23H,11-19H2,1-2H3,(H,29,32). The molecular weight excluding hydrogens is 401 g/mol. The Kier molecular flexibility index (Phi) is 7.46. The monoisotopic (exact) mass is 437 g/mol. The third-order valence-electron chi connectivity index (χ3n) is 7.21. The molecule has 1 atom stereocenters. The van der Waals surface area contributed by atoms with Gasteiger partial charge in [0.2, 0.25) is 5.91 Å². The van der Waals surface area contributed by atoms with Gasteiger partial charge in [0.25, 0.3) is 0 Å². The maximum absolute atomic E-state index is 13.9. The second-order valence-corrected chi connectivity index (χ2v) is 9.63. The third kappa shape index (κ3) is 5.69. The molecule has 0 spiro atoms. The van der Waals surface area contributed by atoms with E-state index < -0.39 is 0 Å². The second kappa shape index (κ2) is 10.5.